The molecule has 0 saturated carbocycles. The minimum absolute atomic E-state index is 0.0407. The van der Waals surface area contributed by atoms with E-state index in [1.807, 2.05) is 20.8 Å². The first-order valence-corrected chi connectivity index (χ1v) is 5.35. The number of rotatable bonds is 6. The molecular formula is C10H18N4O3. The molecule has 0 amide bonds. The molecule has 2 N–H and O–H groups in total. The zero-order valence-corrected chi connectivity index (χ0v) is 10.5. The van der Waals surface area contributed by atoms with Crippen LogP contribution in [0.2, 0.25) is 0 Å². The van der Waals surface area contributed by atoms with Crippen LogP contribution in [0.15, 0.2) is 0 Å². The summed E-state index contributed by atoms with van der Waals surface area (Å²) in [7, 11) is 1.59. The minimum Gasteiger partial charge on any atom is -0.461 e. The van der Waals surface area contributed by atoms with Gasteiger partial charge in [0.15, 0.2) is 0 Å². The van der Waals surface area contributed by atoms with Gasteiger partial charge in [0.25, 0.3) is 0 Å². The van der Waals surface area contributed by atoms with E-state index in [2.05, 4.69) is 15.0 Å². The van der Waals surface area contributed by atoms with E-state index in [-0.39, 0.29) is 30.2 Å². The fourth-order valence-corrected chi connectivity index (χ4v) is 1.12. The zero-order chi connectivity index (χ0) is 12.8. The quantitative estimate of drug-likeness (QED) is 0.783. The highest BCUT2D eigenvalue weighted by molar-refractivity contribution is 5.20. The summed E-state index contributed by atoms with van der Waals surface area (Å²) in [5.41, 5.74) is 5.53. The van der Waals surface area contributed by atoms with Gasteiger partial charge in [0.2, 0.25) is 5.95 Å². The first-order valence-electron chi connectivity index (χ1n) is 5.35. The monoisotopic (exact) mass is 242 g/mol. The summed E-state index contributed by atoms with van der Waals surface area (Å²) in [6.07, 6.45) is -0.213. The number of methoxy groups -OCH3 is 1. The molecular weight excluding hydrogens is 224 g/mol. The van der Waals surface area contributed by atoms with Gasteiger partial charge in [-0.3, -0.25) is 0 Å². The summed E-state index contributed by atoms with van der Waals surface area (Å²) >= 11 is 0. The fourth-order valence-electron chi connectivity index (χ4n) is 1.12. The predicted octanol–water partition coefficient (Wildman–Crippen LogP) is 0.655. The molecule has 0 radical (unpaired) electrons. The van der Waals surface area contributed by atoms with Gasteiger partial charge in [0.1, 0.15) is 6.10 Å². The normalized spacial score (nSPS) is 12.5. The van der Waals surface area contributed by atoms with Crippen molar-refractivity contribution in [2.45, 2.75) is 33.0 Å². The summed E-state index contributed by atoms with van der Waals surface area (Å²) in [5.74, 6) is 0.0651. The predicted molar refractivity (Wildman–Crippen MR) is 62.0 cm³/mol. The van der Waals surface area contributed by atoms with Crippen molar-refractivity contribution in [3.8, 4) is 12.0 Å². The zero-order valence-electron chi connectivity index (χ0n) is 10.5. The first kappa shape index (κ1) is 13.4. The van der Waals surface area contributed by atoms with Gasteiger partial charge >= 0.3 is 12.0 Å². The van der Waals surface area contributed by atoms with Gasteiger partial charge in [-0.25, -0.2) is 0 Å². The number of anilines is 1. The topological polar surface area (TPSA) is 92.4 Å². The molecule has 1 aromatic rings. The van der Waals surface area contributed by atoms with Crippen molar-refractivity contribution in [3.63, 3.8) is 0 Å². The molecule has 1 aromatic heterocycles. The van der Waals surface area contributed by atoms with Crippen molar-refractivity contribution in [3.05, 3.63) is 0 Å². The highest BCUT2D eigenvalue weighted by Gasteiger charge is 2.11. The molecule has 1 atom stereocenters. The summed E-state index contributed by atoms with van der Waals surface area (Å²) < 4.78 is 15.7. The molecule has 17 heavy (non-hydrogen) atoms. The van der Waals surface area contributed by atoms with Crippen LogP contribution in [0, 0.1) is 0 Å². The molecule has 0 aliphatic carbocycles. The number of aromatic nitrogens is 3. The van der Waals surface area contributed by atoms with Gasteiger partial charge in [0.05, 0.1) is 12.7 Å². The maximum absolute atomic E-state index is 5.53. The largest absolute Gasteiger partial charge is 0.461 e. The highest BCUT2D eigenvalue weighted by Crippen LogP contribution is 2.13. The molecule has 7 nitrogen and oxygen atoms in total. The number of nitrogens with zero attached hydrogens (tertiary/aromatic N) is 3. The molecule has 0 aliphatic rings. The van der Waals surface area contributed by atoms with Crippen molar-refractivity contribution < 1.29 is 14.2 Å². The third-order valence-corrected chi connectivity index (χ3v) is 1.66. The van der Waals surface area contributed by atoms with Gasteiger partial charge in [0, 0.05) is 7.11 Å². The second kappa shape index (κ2) is 6.19. The Bertz CT molecular complexity index is 359. The van der Waals surface area contributed by atoms with E-state index in [4.69, 9.17) is 19.9 Å². The molecule has 0 aliphatic heterocycles. The average molecular weight is 242 g/mol. The number of nitrogen functional groups attached to an aromatic ring is 1. The van der Waals surface area contributed by atoms with Gasteiger partial charge < -0.3 is 19.9 Å². The Morgan fingerprint density at radius 3 is 2.18 bits per heavy atom. The molecule has 1 unspecified atom stereocenters. The lowest BCUT2D eigenvalue weighted by Gasteiger charge is -2.13. The lowest BCUT2D eigenvalue weighted by molar-refractivity contribution is 0.0842. The fraction of sp³-hybridized carbons (Fsp3) is 0.700. The third-order valence-electron chi connectivity index (χ3n) is 1.66. The summed E-state index contributed by atoms with van der Waals surface area (Å²) in [6.45, 7) is 6.01. The van der Waals surface area contributed by atoms with Crippen molar-refractivity contribution in [2.75, 3.05) is 19.5 Å². The van der Waals surface area contributed by atoms with Gasteiger partial charge in [-0.1, -0.05) is 0 Å². The smallest absolute Gasteiger partial charge is 0.324 e. The standard InChI is InChI=1S/C10H18N4O3/c1-6(2)16-9-12-8(11)13-10(14-9)17-7(3)5-15-4/h6-7H,5H2,1-4H3,(H2,11,12,13,14). The van der Waals surface area contributed by atoms with Gasteiger partial charge in [-0.05, 0) is 20.8 Å². The molecule has 7 heteroatoms. The van der Waals surface area contributed by atoms with Crippen LogP contribution in [0.3, 0.4) is 0 Å². The Morgan fingerprint density at radius 2 is 1.65 bits per heavy atom. The SMILES string of the molecule is COCC(C)Oc1nc(N)nc(OC(C)C)n1. The minimum atomic E-state index is -0.173. The van der Waals surface area contributed by atoms with Crippen molar-refractivity contribution in [1.82, 2.24) is 15.0 Å². The van der Waals surface area contributed by atoms with Crippen LogP contribution in [0.25, 0.3) is 0 Å². The number of hydrogen-bond acceptors (Lipinski definition) is 7. The summed E-state index contributed by atoms with van der Waals surface area (Å²) in [6, 6.07) is 0.296. The maximum Gasteiger partial charge on any atom is 0.324 e. The van der Waals surface area contributed by atoms with Crippen molar-refractivity contribution in [1.29, 1.82) is 0 Å². The van der Waals surface area contributed by atoms with E-state index in [1.165, 1.54) is 0 Å². The Labute approximate surface area is 100 Å². The number of ether oxygens (including phenoxy) is 3. The Kier molecular flexibility index (Phi) is 4.89. The second-order valence-electron chi connectivity index (χ2n) is 3.81. The Hall–Kier alpha value is -1.63. The number of nitrogens with two attached hydrogens (primary N) is 1. The van der Waals surface area contributed by atoms with Crippen LogP contribution >= 0.6 is 0 Å². The highest BCUT2D eigenvalue weighted by atomic mass is 16.5. The molecule has 96 valence electrons. The van der Waals surface area contributed by atoms with Crippen LogP contribution < -0.4 is 15.2 Å². The molecule has 1 rings (SSSR count). The average Bonchev–Trinajstić information content (AvgIpc) is 2.14. The van der Waals surface area contributed by atoms with E-state index < -0.39 is 0 Å². The van der Waals surface area contributed by atoms with Crippen LogP contribution in [0.4, 0.5) is 5.95 Å². The molecule has 0 fully saturated rings. The molecule has 0 saturated heterocycles. The van der Waals surface area contributed by atoms with E-state index in [9.17, 15) is 0 Å². The Balaban J connectivity index is 2.74. The van der Waals surface area contributed by atoms with E-state index in [1.54, 1.807) is 7.11 Å². The molecule has 1 heterocycles. The number of hydrogen-bond donors (Lipinski definition) is 1. The maximum atomic E-state index is 5.53. The third kappa shape index (κ3) is 4.81. The van der Waals surface area contributed by atoms with Crippen molar-refractivity contribution >= 4 is 5.95 Å². The second-order valence-corrected chi connectivity index (χ2v) is 3.81. The lowest BCUT2D eigenvalue weighted by atomic mass is 10.4. The van der Waals surface area contributed by atoms with Crippen LogP contribution in [0.1, 0.15) is 20.8 Å². The first-order chi connectivity index (χ1) is 8.01. The van der Waals surface area contributed by atoms with Crippen LogP contribution in [-0.4, -0.2) is 40.9 Å². The molecule has 0 aromatic carbocycles. The molecule has 0 bridgehead atoms. The van der Waals surface area contributed by atoms with Crippen LogP contribution in [-0.2, 0) is 4.74 Å². The van der Waals surface area contributed by atoms with Crippen LogP contribution in [0.5, 0.6) is 12.0 Å². The lowest BCUT2D eigenvalue weighted by Crippen LogP contribution is -2.20. The summed E-state index contributed by atoms with van der Waals surface area (Å²) in [5, 5.41) is 0. The van der Waals surface area contributed by atoms with Gasteiger partial charge in [-0.15, -0.1) is 4.98 Å². The van der Waals surface area contributed by atoms with E-state index >= 15 is 0 Å². The van der Waals surface area contributed by atoms with E-state index in [0.29, 0.717) is 6.61 Å². The Morgan fingerprint density at radius 1 is 1.06 bits per heavy atom. The van der Waals surface area contributed by atoms with Gasteiger partial charge in [-0.2, -0.15) is 9.97 Å². The van der Waals surface area contributed by atoms with Crippen molar-refractivity contribution in [2.24, 2.45) is 0 Å². The van der Waals surface area contributed by atoms with E-state index in [0.717, 1.165) is 0 Å². The molecule has 0 spiro atoms. The summed E-state index contributed by atoms with van der Waals surface area (Å²) in [4.78, 5) is 11.7.